The van der Waals surface area contributed by atoms with Crippen molar-refractivity contribution in [2.75, 3.05) is 18.4 Å². The van der Waals surface area contributed by atoms with Crippen LogP contribution in [0.2, 0.25) is 10.0 Å². The van der Waals surface area contributed by atoms with Crippen LogP contribution in [0.5, 0.6) is 0 Å². The van der Waals surface area contributed by atoms with Crippen molar-refractivity contribution >= 4 is 29.0 Å². The molecular formula is C29H28Cl2N6. The van der Waals surface area contributed by atoms with Crippen LogP contribution in [0, 0.1) is 18.3 Å². The second-order valence-corrected chi connectivity index (χ2v) is 9.54. The van der Waals surface area contributed by atoms with Crippen molar-refractivity contribution in [3.63, 3.8) is 0 Å². The Morgan fingerprint density at radius 2 is 1.73 bits per heavy atom. The van der Waals surface area contributed by atoms with Gasteiger partial charge in [-0.3, -0.25) is 4.98 Å². The SMILES string of the molecule is Cc1nc(-c2ccc(Cl)cn2)nc(NC[C@H](NCCCCc2ccc(C#N)cc2)c2ccccc2)c1Cl. The van der Waals surface area contributed by atoms with E-state index in [-0.39, 0.29) is 6.04 Å². The summed E-state index contributed by atoms with van der Waals surface area (Å²) >= 11 is 12.5. The molecular weight excluding hydrogens is 503 g/mol. The fourth-order valence-corrected chi connectivity index (χ4v) is 4.23. The molecule has 2 aromatic heterocycles. The first kappa shape index (κ1) is 26.6. The highest BCUT2D eigenvalue weighted by Crippen LogP contribution is 2.27. The number of hydrogen-bond donors (Lipinski definition) is 2. The van der Waals surface area contributed by atoms with Gasteiger partial charge in [0.1, 0.15) is 16.5 Å². The van der Waals surface area contributed by atoms with Crippen LogP contribution in [0.3, 0.4) is 0 Å². The topological polar surface area (TPSA) is 86.5 Å². The van der Waals surface area contributed by atoms with Crippen LogP contribution in [0.4, 0.5) is 5.82 Å². The van der Waals surface area contributed by atoms with Gasteiger partial charge in [-0.25, -0.2) is 9.97 Å². The largest absolute Gasteiger partial charge is 0.367 e. The van der Waals surface area contributed by atoms with Crippen LogP contribution in [0.15, 0.2) is 72.9 Å². The second kappa shape index (κ2) is 13.2. The fraction of sp³-hybridized carbons (Fsp3) is 0.241. The summed E-state index contributed by atoms with van der Waals surface area (Å²) in [6.07, 6.45) is 4.65. The summed E-state index contributed by atoms with van der Waals surface area (Å²) in [5.41, 5.74) is 4.44. The van der Waals surface area contributed by atoms with Gasteiger partial charge in [-0.05, 0) is 68.1 Å². The minimum absolute atomic E-state index is 0.0690. The van der Waals surface area contributed by atoms with Crippen molar-refractivity contribution in [2.45, 2.75) is 32.2 Å². The average molecular weight is 531 g/mol. The van der Waals surface area contributed by atoms with E-state index in [4.69, 9.17) is 28.5 Å². The molecule has 2 N–H and O–H groups in total. The molecule has 6 nitrogen and oxygen atoms in total. The third-order valence-electron chi connectivity index (χ3n) is 6.01. The Labute approximate surface area is 227 Å². The number of unbranched alkanes of at least 4 members (excludes halogenated alkanes) is 1. The molecule has 0 aliphatic heterocycles. The lowest BCUT2D eigenvalue weighted by atomic mass is 10.0. The fourth-order valence-electron chi connectivity index (χ4n) is 3.97. The Morgan fingerprint density at radius 1 is 0.946 bits per heavy atom. The number of hydrogen-bond acceptors (Lipinski definition) is 6. The normalized spacial score (nSPS) is 11.6. The molecule has 0 radical (unpaired) electrons. The Balaban J connectivity index is 1.39. The number of nitrogens with zero attached hydrogens (tertiary/aromatic N) is 4. The number of rotatable bonds is 11. The number of anilines is 1. The minimum atomic E-state index is 0.0690. The number of nitrogens with one attached hydrogen (secondary N) is 2. The Hall–Kier alpha value is -3.50. The first-order valence-corrected chi connectivity index (χ1v) is 13.0. The van der Waals surface area contributed by atoms with Gasteiger partial charge in [-0.2, -0.15) is 5.26 Å². The molecule has 0 bridgehead atoms. The van der Waals surface area contributed by atoms with Gasteiger partial charge in [0.15, 0.2) is 5.82 Å². The van der Waals surface area contributed by atoms with Crippen molar-refractivity contribution in [3.8, 4) is 17.6 Å². The van der Waals surface area contributed by atoms with E-state index in [0.29, 0.717) is 45.2 Å². The van der Waals surface area contributed by atoms with E-state index in [0.717, 1.165) is 25.8 Å². The van der Waals surface area contributed by atoms with Gasteiger partial charge in [0.2, 0.25) is 0 Å². The zero-order valence-electron chi connectivity index (χ0n) is 20.6. The lowest BCUT2D eigenvalue weighted by Gasteiger charge is -2.21. The van der Waals surface area contributed by atoms with Gasteiger partial charge in [0.25, 0.3) is 0 Å². The summed E-state index contributed by atoms with van der Waals surface area (Å²) in [5.74, 6) is 1.07. The summed E-state index contributed by atoms with van der Waals surface area (Å²) in [6, 6.07) is 23.9. The standard InChI is InChI=1S/C29H28Cl2N6/c1-20-27(31)29(37-28(36-20)25-15-14-24(30)18-34-25)35-19-26(23-8-3-2-4-9-23)33-16-6-5-7-21-10-12-22(17-32)13-11-21/h2-4,8-15,18,26,33H,5-7,16,19H2,1H3,(H,35,36,37)/t26-/m0/s1. The number of nitriles is 1. The molecule has 8 heteroatoms. The van der Waals surface area contributed by atoms with Crippen molar-refractivity contribution in [2.24, 2.45) is 0 Å². The van der Waals surface area contributed by atoms with Gasteiger partial charge >= 0.3 is 0 Å². The van der Waals surface area contributed by atoms with Gasteiger partial charge in [0.05, 0.1) is 22.3 Å². The van der Waals surface area contributed by atoms with Crippen molar-refractivity contribution in [3.05, 3.63) is 105 Å². The molecule has 4 rings (SSSR count). The third kappa shape index (κ3) is 7.50. The molecule has 0 aliphatic rings. The van der Waals surface area contributed by atoms with Crippen LogP contribution in [0.1, 0.15) is 41.3 Å². The molecule has 37 heavy (non-hydrogen) atoms. The molecule has 1 atom stereocenters. The monoisotopic (exact) mass is 530 g/mol. The number of aromatic nitrogens is 3. The number of pyridine rings is 1. The number of halogens is 2. The quantitative estimate of drug-likeness (QED) is 0.207. The highest BCUT2D eigenvalue weighted by atomic mass is 35.5. The predicted octanol–water partition coefficient (Wildman–Crippen LogP) is 6.79. The van der Waals surface area contributed by atoms with Crippen LogP contribution in [-0.2, 0) is 6.42 Å². The van der Waals surface area contributed by atoms with E-state index < -0.39 is 0 Å². The first-order chi connectivity index (χ1) is 18.0. The molecule has 0 aliphatic carbocycles. The summed E-state index contributed by atoms with van der Waals surface area (Å²) in [5, 5.41) is 17.1. The molecule has 0 amide bonds. The average Bonchev–Trinajstić information content (AvgIpc) is 2.93. The highest BCUT2D eigenvalue weighted by Gasteiger charge is 2.15. The molecule has 0 saturated heterocycles. The minimum Gasteiger partial charge on any atom is -0.367 e. The van der Waals surface area contributed by atoms with Crippen LogP contribution < -0.4 is 10.6 Å². The maximum Gasteiger partial charge on any atom is 0.180 e. The van der Waals surface area contributed by atoms with E-state index in [1.165, 1.54) is 11.1 Å². The lowest BCUT2D eigenvalue weighted by molar-refractivity contribution is 0.531. The Bertz CT molecular complexity index is 1340. The Morgan fingerprint density at radius 3 is 2.43 bits per heavy atom. The predicted molar refractivity (Wildman–Crippen MR) is 150 cm³/mol. The van der Waals surface area contributed by atoms with E-state index in [9.17, 15) is 0 Å². The van der Waals surface area contributed by atoms with E-state index in [1.54, 1.807) is 18.3 Å². The van der Waals surface area contributed by atoms with Crippen LogP contribution in [0.25, 0.3) is 11.5 Å². The Kier molecular flexibility index (Phi) is 9.45. The maximum atomic E-state index is 8.96. The van der Waals surface area contributed by atoms with Gasteiger partial charge in [-0.1, -0.05) is 65.7 Å². The number of benzene rings is 2. The van der Waals surface area contributed by atoms with Crippen LogP contribution in [-0.4, -0.2) is 28.0 Å². The lowest BCUT2D eigenvalue weighted by Crippen LogP contribution is -2.29. The smallest absolute Gasteiger partial charge is 0.180 e. The summed E-state index contributed by atoms with van der Waals surface area (Å²) in [4.78, 5) is 13.5. The van der Waals surface area contributed by atoms with Gasteiger partial charge < -0.3 is 10.6 Å². The molecule has 0 unspecified atom stereocenters. The molecule has 0 spiro atoms. The summed E-state index contributed by atoms with van der Waals surface area (Å²) in [6.45, 7) is 3.33. The first-order valence-electron chi connectivity index (χ1n) is 12.2. The molecule has 2 aromatic carbocycles. The van der Waals surface area contributed by atoms with Crippen molar-refractivity contribution < 1.29 is 0 Å². The van der Waals surface area contributed by atoms with Crippen molar-refractivity contribution in [1.29, 1.82) is 5.26 Å². The molecule has 0 saturated carbocycles. The van der Waals surface area contributed by atoms with Gasteiger partial charge in [0, 0.05) is 18.8 Å². The summed E-state index contributed by atoms with van der Waals surface area (Å²) < 4.78 is 0. The molecule has 0 fully saturated rings. The van der Waals surface area contributed by atoms with E-state index in [1.807, 2.05) is 49.4 Å². The maximum absolute atomic E-state index is 8.96. The van der Waals surface area contributed by atoms with E-state index in [2.05, 4.69) is 43.8 Å². The third-order valence-corrected chi connectivity index (χ3v) is 6.69. The van der Waals surface area contributed by atoms with Gasteiger partial charge in [-0.15, -0.1) is 0 Å². The second-order valence-electron chi connectivity index (χ2n) is 8.72. The zero-order chi connectivity index (χ0) is 26.0. The summed E-state index contributed by atoms with van der Waals surface area (Å²) in [7, 11) is 0. The molecule has 4 aromatic rings. The molecule has 2 heterocycles. The van der Waals surface area contributed by atoms with E-state index >= 15 is 0 Å². The highest BCUT2D eigenvalue weighted by molar-refractivity contribution is 6.33. The zero-order valence-corrected chi connectivity index (χ0v) is 22.1. The molecule has 188 valence electrons. The van der Waals surface area contributed by atoms with Crippen molar-refractivity contribution in [1.82, 2.24) is 20.3 Å². The number of aryl methyl sites for hydroxylation is 2. The van der Waals surface area contributed by atoms with Crippen LogP contribution >= 0.6 is 23.2 Å².